The number of pyridine rings is 1. The van der Waals surface area contributed by atoms with Crippen LogP contribution in [0.3, 0.4) is 0 Å². The molecule has 1 heterocycles. The third-order valence-corrected chi connectivity index (χ3v) is 3.21. The van der Waals surface area contributed by atoms with Gasteiger partial charge in [0, 0.05) is 32.5 Å². The second-order valence-corrected chi connectivity index (χ2v) is 6.04. The molecule has 5 nitrogen and oxygen atoms in total. The van der Waals surface area contributed by atoms with Gasteiger partial charge in [0.05, 0.1) is 0 Å². The van der Waals surface area contributed by atoms with Crippen LogP contribution in [-0.2, 0) is 0 Å². The molecule has 0 unspecified atom stereocenters. The molecule has 0 aromatic carbocycles. The van der Waals surface area contributed by atoms with Crippen molar-refractivity contribution in [2.75, 3.05) is 32.5 Å². The molecule has 0 aliphatic rings. The van der Waals surface area contributed by atoms with Crippen LogP contribution in [0.4, 0.5) is 5.69 Å². The van der Waals surface area contributed by atoms with E-state index in [1.807, 2.05) is 6.07 Å². The number of aromatic nitrogens is 1. The van der Waals surface area contributed by atoms with Crippen LogP contribution >= 0.6 is 0 Å². The molecule has 0 fully saturated rings. The van der Waals surface area contributed by atoms with E-state index >= 15 is 0 Å². The highest BCUT2D eigenvalue weighted by Gasteiger charge is 2.17. The molecule has 0 saturated heterocycles. The Morgan fingerprint density at radius 2 is 2.15 bits per heavy atom. The second-order valence-electron chi connectivity index (χ2n) is 6.04. The van der Waals surface area contributed by atoms with Crippen LogP contribution in [0.15, 0.2) is 18.3 Å². The van der Waals surface area contributed by atoms with E-state index < -0.39 is 0 Å². The summed E-state index contributed by atoms with van der Waals surface area (Å²) < 4.78 is 0. The Kier molecular flexibility index (Phi) is 5.95. The maximum absolute atomic E-state index is 11.9. The molecule has 1 aromatic rings. The number of carbonyl (C=O) groups is 1. The Labute approximate surface area is 121 Å². The third kappa shape index (κ3) is 5.17. The van der Waals surface area contributed by atoms with E-state index in [9.17, 15) is 4.79 Å². The maximum atomic E-state index is 11.9. The minimum Gasteiger partial charge on any atom is -0.384 e. The minimum atomic E-state index is -0.0870. The monoisotopic (exact) mass is 278 g/mol. The second kappa shape index (κ2) is 7.24. The molecule has 0 radical (unpaired) electrons. The van der Waals surface area contributed by atoms with Crippen molar-refractivity contribution in [3.8, 4) is 0 Å². The Hall–Kier alpha value is -1.62. The molecule has 112 valence electrons. The van der Waals surface area contributed by atoms with E-state index in [4.69, 9.17) is 5.73 Å². The number of rotatable bonds is 7. The van der Waals surface area contributed by atoms with Crippen molar-refractivity contribution < 1.29 is 4.79 Å². The molecule has 1 rings (SSSR count). The first-order valence-electron chi connectivity index (χ1n) is 6.97. The molecule has 0 spiro atoms. The summed E-state index contributed by atoms with van der Waals surface area (Å²) >= 11 is 0. The summed E-state index contributed by atoms with van der Waals surface area (Å²) in [6, 6.07) is 3.67. The molecule has 0 aliphatic heterocycles. The number of anilines is 1. The SMILES string of the molecule is CN(C)C(=O)c1cc(NCC(C)(C)CCCN)ccn1. The van der Waals surface area contributed by atoms with Crippen molar-refractivity contribution in [3.63, 3.8) is 0 Å². The summed E-state index contributed by atoms with van der Waals surface area (Å²) in [6.45, 7) is 5.98. The fourth-order valence-electron chi connectivity index (χ4n) is 1.90. The highest BCUT2D eigenvalue weighted by molar-refractivity contribution is 5.92. The lowest BCUT2D eigenvalue weighted by atomic mass is 9.87. The smallest absolute Gasteiger partial charge is 0.272 e. The van der Waals surface area contributed by atoms with Crippen molar-refractivity contribution in [2.24, 2.45) is 11.1 Å². The number of hydrogen-bond acceptors (Lipinski definition) is 4. The van der Waals surface area contributed by atoms with Gasteiger partial charge in [-0.05, 0) is 36.9 Å². The van der Waals surface area contributed by atoms with Crippen LogP contribution in [0.2, 0.25) is 0 Å². The Bertz CT molecular complexity index is 443. The minimum absolute atomic E-state index is 0.0870. The summed E-state index contributed by atoms with van der Waals surface area (Å²) in [5.74, 6) is -0.0870. The zero-order chi connectivity index (χ0) is 15.2. The lowest BCUT2D eigenvalue weighted by Crippen LogP contribution is -2.25. The number of nitrogens with two attached hydrogens (primary N) is 1. The maximum Gasteiger partial charge on any atom is 0.272 e. The molecule has 1 amide bonds. The molecule has 5 heteroatoms. The fourth-order valence-corrected chi connectivity index (χ4v) is 1.90. The van der Waals surface area contributed by atoms with E-state index in [2.05, 4.69) is 24.1 Å². The van der Waals surface area contributed by atoms with Gasteiger partial charge in [-0.2, -0.15) is 0 Å². The van der Waals surface area contributed by atoms with Crippen LogP contribution < -0.4 is 11.1 Å². The van der Waals surface area contributed by atoms with Gasteiger partial charge in [0.15, 0.2) is 0 Å². The van der Waals surface area contributed by atoms with Crippen molar-refractivity contribution in [1.82, 2.24) is 9.88 Å². The van der Waals surface area contributed by atoms with Crippen LogP contribution in [0.1, 0.15) is 37.2 Å². The standard InChI is InChI=1S/C15H26N4O/c1-15(2,7-5-8-16)11-18-12-6-9-17-13(10-12)14(20)19(3)4/h6,9-10H,5,7-8,11,16H2,1-4H3,(H,17,18). The molecule has 1 aromatic heterocycles. The van der Waals surface area contributed by atoms with Gasteiger partial charge >= 0.3 is 0 Å². The number of carbonyl (C=O) groups excluding carboxylic acids is 1. The predicted molar refractivity (Wildman–Crippen MR) is 82.8 cm³/mol. The van der Waals surface area contributed by atoms with Gasteiger partial charge in [0.25, 0.3) is 5.91 Å². The molecule has 0 bridgehead atoms. The van der Waals surface area contributed by atoms with Gasteiger partial charge in [-0.15, -0.1) is 0 Å². The highest BCUT2D eigenvalue weighted by Crippen LogP contribution is 2.22. The summed E-state index contributed by atoms with van der Waals surface area (Å²) in [7, 11) is 3.44. The zero-order valence-corrected chi connectivity index (χ0v) is 12.9. The van der Waals surface area contributed by atoms with Crippen molar-refractivity contribution in [1.29, 1.82) is 0 Å². The van der Waals surface area contributed by atoms with E-state index in [1.54, 1.807) is 26.4 Å². The van der Waals surface area contributed by atoms with Crippen molar-refractivity contribution >= 4 is 11.6 Å². The van der Waals surface area contributed by atoms with Crippen LogP contribution in [-0.4, -0.2) is 43.0 Å². The summed E-state index contributed by atoms with van der Waals surface area (Å²) in [6.07, 6.45) is 3.76. The molecule has 0 saturated carbocycles. The van der Waals surface area contributed by atoms with Gasteiger partial charge in [-0.25, -0.2) is 0 Å². The van der Waals surface area contributed by atoms with Gasteiger partial charge < -0.3 is 16.0 Å². The Morgan fingerprint density at radius 3 is 2.75 bits per heavy atom. The predicted octanol–water partition coefficient (Wildman–Crippen LogP) is 1.96. The number of amides is 1. The van der Waals surface area contributed by atoms with E-state index in [0.29, 0.717) is 5.69 Å². The average Bonchev–Trinajstić information content (AvgIpc) is 2.42. The number of nitrogens with zero attached hydrogens (tertiary/aromatic N) is 2. The molecule has 0 aliphatic carbocycles. The van der Waals surface area contributed by atoms with Crippen LogP contribution in [0.5, 0.6) is 0 Å². The molecule has 0 atom stereocenters. The Balaban J connectivity index is 2.65. The van der Waals surface area contributed by atoms with Gasteiger partial charge in [-0.1, -0.05) is 13.8 Å². The van der Waals surface area contributed by atoms with Gasteiger partial charge in [-0.3, -0.25) is 9.78 Å². The topological polar surface area (TPSA) is 71.2 Å². The van der Waals surface area contributed by atoms with Gasteiger partial charge in [0.2, 0.25) is 0 Å². The Morgan fingerprint density at radius 1 is 1.45 bits per heavy atom. The first-order valence-corrected chi connectivity index (χ1v) is 6.97. The lowest BCUT2D eigenvalue weighted by molar-refractivity contribution is 0.0822. The number of nitrogens with one attached hydrogen (secondary N) is 1. The molecular formula is C15H26N4O. The largest absolute Gasteiger partial charge is 0.384 e. The summed E-state index contributed by atoms with van der Waals surface area (Å²) in [5.41, 5.74) is 7.11. The highest BCUT2D eigenvalue weighted by atomic mass is 16.2. The normalized spacial score (nSPS) is 11.2. The molecule has 3 N–H and O–H groups in total. The fraction of sp³-hybridized carbons (Fsp3) is 0.600. The van der Waals surface area contributed by atoms with Crippen molar-refractivity contribution in [3.05, 3.63) is 24.0 Å². The first-order chi connectivity index (χ1) is 9.35. The van der Waals surface area contributed by atoms with Crippen LogP contribution in [0, 0.1) is 5.41 Å². The zero-order valence-electron chi connectivity index (χ0n) is 12.9. The summed E-state index contributed by atoms with van der Waals surface area (Å²) in [5, 5.41) is 3.38. The average molecular weight is 278 g/mol. The third-order valence-electron chi connectivity index (χ3n) is 3.21. The summed E-state index contributed by atoms with van der Waals surface area (Å²) in [4.78, 5) is 17.5. The van der Waals surface area contributed by atoms with E-state index in [1.165, 1.54) is 4.90 Å². The number of hydrogen-bond donors (Lipinski definition) is 2. The molecule has 20 heavy (non-hydrogen) atoms. The van der Waals surface area contributed by atoms with Gasteiger partial charge in [0.1, 0.15) is 5.69 Å². The van der Waals surface area contributed by atoms with E-state index in [-0.39, 0.29) is 11.3 Å². The first kappa shape index (κ1) is 16.4. The van der Waals surface area contributed by atoms with E-state index in [0.717, 1.165) is 31.6 Å². The molecular weight excluding hydrogens is 252 g/mol. The quantitative estimate of drug-likeness (QED) is 0.800. The lowest BCUT2D eigenvalue weighted by Gasteiger charge is -2.25. The van der Waals surface area contributed by atoms with Crippen molar-refractivity contribution in [2.45, 2.75) is 26.7 Å². The van der Waals surface area contributed by atoms with Crippen LogP contribution in [0.25, 0.3) is 0 Å².